The van der Waals surface area contributed by atoms with E-state index in [4.69, 9.17) is 20.1 Å². The Balaban J connectivity index is 3.69. The Hall–Kier alpha value is -0.500. The van der Waals surface area contributed by atoms with Crippen LogP contribution < -0.4 is 5.32 Å². The van der Waals surface area contributed by atoms with Gasteiger partial charge in [0.15, 0.2) is 0 Å². The van der Waals surface area contributed by atoms with Crippen LogP contribution in [0.5, 0.6) is 0 Å². The van der Waals surface area contributed by atoms with E-state index < -0.39 is 26.3 Å². The van der Waals surface area contributed by atoms with Gasteiger partial charge in [0.25, 0.3) is 5.91 Å². The molecule has 0 aromatic rings. The molecule has 0 heterocycles. The molecule has 9 heteroatoms. The SMILES string of the molecule is O=C(CNCP(=O)(O)O)N(O)CCO. The predicted octanol–water partition coefficient (Wildman–Crippen LogP) is -2.08. The molecule has 0 unspecified atom stereocenters. The molecule has 0 atom stereocenters. The lowest BCUT2D eigenvalue weighted by Gasteiger charge is -2.13. The van der Waals surface area contributed by atoms with Crippen molar-refractivity contribution < 1.29 is 29.5 Å². The summed E-state index contributed by atoms with van der Waals surface area (Å²) >= 11 is 0. The molecule has 5 N–H and O–H groups in total. The molecule has 0 aromatic carbocycles. The molecule has 0 bridgehead atoms. The highest BCUT2D eigenvalue weighted by Gasteiger charge is 2.14. The Bertz CT molecular complexity index is 228. The van der Waals surface area contributed by atoms with Crippen LogP contribution in [0.25, 0.3) is 0 Å². The van der Waals surface area contributed by atoms with Crippen molar-refractivity contribution in [2.45, 2.75) is 0 Å². The van der Waals surface area contributed by atoms with E-state index in [0.29, 0.717) is 0 Å². The Morgan fingerprint density at radius 2 is 2.00 bits per heavy atom. The van der Waals surface area contributed by atoms with Gasteiger partial charge in [-0.25, -0.2) is 5.06 Å². The van der Waals surface area contributed by atoms with Crippen LogP contribution in [-0.4, -0.2) is 57.1 Å². The fraction of sp³-hybridized carbons (Fsp3) is 0.800. The third-order valence-corrected chi connectivity index (χ3v) is 1.83. The minimum atomic E-state index is -4.18. The molecule has 0 aliphatic rings. The number of hydrogen-bond acceptors (Lipinski definition) is 5. The molecule has 0 fully saturated rings. The lowest BCUT2D eigenvalue weighted by Crippen LogP contribution is -2.37. The van der Waals surface area contributed by atoms with Crippen LogP contribution in [-0.2, 0) is 9.36 Å². The first-order chi connectivity index (χ1) is 6.37. The Morgan fingerprint density at radius 1 is 1.43 bits per heavy atom. The van der Waals surface area contributed by atoms with Crippen molar-refractivity contribution in [2.75, 3.05) is 26.0 Å². The number of nitrogens with one attached hydrogen (secondary N) is 1. The number of aliphatic hydroxyl groups excluding tert-OH is 1. The molecule has 84 valence electrons. The van der Waals surface area contributed by atoms with E-state index in [-0.39, 0.29) is 18.2 Å². The number of hydrogen-bond donors (Lipinski definition) is 5. The van der Waals surface area contributed by atoms with Gasteiger partial charge in [-0.2, -0.15) is 0 Å². The van der Waals surface area contributed by atoms with Gasteiger partial charge in [0.05, 0.1) is 26.0 Å². The van der Waals surface area contributed by atoms with Gasteiger partial charge in [0.1, 0.15) is 0 Å². The fourth-order valence-electron chi connectivity index (χ4n) is 0.619. The summed E-state index contributed by atoms with van der Waals surface area (Å²) in [6, 6.07) is 0. The molecule has 0 spiro atoms. The molecule has 0 radical (unpaired) electrons. The monoisotopic (exact) mass is 228 g/mol. The van der Waals surface area contributed by atoms with Gasteiger partial charge in [-0.3, -0.25) is 19.9 Å². The highest BCUT2D eigenvalue weighted by Crippen LogP contribution is 2.31. The standard InChI is InChI=1S/C5H13N2O6P/c8-2-1-7(10)5(9)3-6-4-14(11,12)13/h6,8,10H,1-4H2,(H2,11,12,13). The van der Waals surface area contributed by atoms with E-state index in [0.717, 1.165) is 0 Å². The number of rotatable bonds is 6. The third kappa shape index (κ3) is 6.96. The Kier molecular flexibility index (Phi) is 5.86. The molecule has 0 saturated heterocycles. The van der Waals surface area contributed by atoms with Crippen molar-refractivity contribution in [1.29, 1.82) is 0 Å². The van der Waals surface area contributed by atoms with Gasteiger partial charge < -0.3 is 14.9 Å². The number of nitrogens with zero attached hydrogens (tertiary/aromatic N) is 1. The molecule has 0 rings (SSSR count). The molecule has 14 heavy (non-hydrogen) atoms. The summed E-state index contributed by atoms with van der Waals surface area (Å²) in [5.41, 5.74) is 0. The van der Waals surface area contributed by atoms with E-state index >= 15 is 0 Å². The number of carbonyl (C=O) groups is 1. The van der Waals surface area contributed by atoms with E-state index in [1.807, 2.05) is 0 Å². The maximum Gasteiger partial charge on any atom is 0.339 e. The summed E-state index contributed by atoms with van der Waals surface area (Å²) in [4.78, 5) is 27.7. The number of carbonyl (C=O) groups excluding carboxylic acids is 1. The average molecular weight is 228 g/mol. The summed E-state index contributed by atoms with van der Waals surface area (Å²) in [6.45, 7) is -1.03. The molecule has 0 aliphatic heterocycles. The van der Waals surface area contributed by atoms with E-state index in [9.17, 15) is 9.36 Å². The first-order valence-corrected chi connectivity index (χ1v) is 5.52. The zero-order valence-corrected chi connectivity index (χ0v) is 8.22. The maximum absolute atomic E-state index is 10.9. The zero-order valence-electron chi connectivity index (χ0n) is 7.33. The van der Waals surface area contributed by atoms with Gasteiger partial charge in [-0.1, -0.05) is 0 Å². The topological polar surface area (TPSA) is 130 Å². The largest absolute Gasteiger partial charge is 0.394 e. The van der Waals surface area contributed by atoms with Crippen molar-refractivity contribution in [3.05, 3.63) is 0 Å². The predicted molar refractivity (Wildman–Crippen MR) is 45.5 cm³/mol. The Labute approximate surface area is 80.3 Å². The molecule has 8 nitrogen and oxygen atoms in total. The maximum atomic E-state index is 10.9. The summed E-state index contributed by atoms with van der Waals surface area (Å²) in [7, 11) is -4.18. The molecule has 0 aliphatic carbocycles. The zero-order chi connectivity index (χ0) is 11.2. The van der Waals surface area contributed by atoms with Crippen molar-refractivity contribution in [1.82, 2.24) is 10.4 Å². The molecule has 0 saturated carbocycles. The second kappa shape index (κ2) is 6.07. The smallest absolute Gasteiger partial charge is 0.339 e. The van der Waals surface area contributed by atoms with Crippen LogP contribution in [0.15, 0.2) is 0 Å². The molecular weight excluding hydrogens is 215 g/mol. The number of aliphatic hydroxyl groups is 1. The summed E-state index contributed by atoms with van der Waals surface area (Å²) in [5, 5.41) is 19.6. The van der Waals surface area contributed by atoms with Crippen molar-refractivity contribution in [3.8, 4) is 0 Å². The van der Waals surface area contributed by atoms with Crippen LogP contribution in [0.3, 0.4) is 0 Å². The first-order valence-electron chi connectivity index (χ1n) is 3.72. The van der Waals surface area contributed by atoms with E-state index in [1.165, 1.54) is 0 Å². The van der Waals surface area contributed by atoms with Crippen molar-refractivity contribution in [2.24, 2.45) is 0 Å². The summed E-state index contributed by atoms with van der Waals surface area (Å²) in [5.74, 6) is -0.771. The van der Waals surface area contributed by atoms with Gasteiger partial charge in [0.2, 0.25) is 0 Å². The van der Waals surface area contributed by atoms with Crippen LogP contribution in [0.4, 0.5) is 0 Å². The van der Waals surface area contributed by atoms with Crippen molar-refractivity contribution >= 4 is 13.5 Å². The van der Waals surface area contributed by atoms with Crippen LogP contribution in [0.1, 0.15) is 0 Å². The quantitative estimate of drug-likeness (QED) is 0.200. The number of amides is 1. The molecule has 0 aromatic heterocycles. The second-order valence-corrected chi connectivity index (χ2v) is 4.14. The van der Waals surface area contributed by atoms with Crippen LogP contribution in [0, 0.1) is 0 Å². The van der Waals surface area contributed by atoms with E-state index in [1.54, 1.807) is 0 Å². The lowest BCUT2D eigenvalue weighted by atomic mass is 10.5. The van der Waals surface area contributed by atoms with E-state index in [2.05, 4.69) is 5.32 Å². The molecular formula is C5H13N2O6P. The first kappa shape index (κ1) is 13.5. The van der Waals surface area contributed by atoms with Crippen LogP contribution in [0.2, 0.25) is 0 Å². The summed E-state index contributed by atoms with van der Waals surface area (Å²) in [6.07, 6.45) is -0.633. The minimum absolute atomic E-state index is 0.240. The average Bonchev–Trinajstić information content (AvgIpc) is 2.02. The second-order valence-electron chi connectivity index (χ2n) is 2.49. The third-order valence-electron chi connectivity index (χ3n) is 1.19. The van der Waals surface area contributed by atoms with Crippen molar-refractivity contribution in [3.63, 3.8) is 0 Å². The highest BCUT2D eigenvalue weighted by molar-refractivity contribution is 7.51. The number of hydroxylamine groups is 2. The molecule has 1 amide bonds. The van der Waals surface area contributed by atoms with Gasteiger partial charge >= 0.3 is 7.60 Å². The highest BCUT2D eigenvalue weighted by atomic mass is 31.2. The minimum Gasteiger partial charge on any atom is -0.394 e. The van der Waals surface area contributed by atoms with Crippen LogP contribution >= 0.6 is 7.60 Å². The lowest BCUT2D eigenvalue weighted by molar-refractivity contribution is -0.165. The Morgan fingerprint density at radius 3 is 2.43 bits per heavy atom. The summed E-state index contributed by atoms with van der Waals surface area (Å²) < 4.78 is 10.3. The van der Waals surface area contributed by atoms with Gasteiger partial charge in [-0.05, 0) is 0 Å². The fourth-order valence-corrected chi connectivity index (χ4v) is 1.02. The van der Waals surface area contributed by atoms with Gasteiger partial charge in [0, 0.05) is 0 Å². The van der Waals surface area contributed by atoms with Gasteiger partial charge in [-0.15, -0.1) is 0 Å². The normalized spacial score (nSPS) is 11.4.